The molecule has 2 heteroatoms. The maximum atomic E-state index is 12.4. The fourth-order valence-electron chi connectivity index (χ4n) is 2.57. The summed E-state index contributed by atoms with van der Waals surface area (Å²) in [5.74, 6) is -0.331. The third-order valence-corrected chi connectivity index (χ3v) is 3.80. The minimum atomic E-state index is -0.322. The number of hydrogen-bond acceptors (Lipinski definition) is 2. The van der Waals surface area contributed by atoms with Gasteiger partial charge in [0.1, 0.15) is 0 Å². The van der Waals surface area contributed by atoms with Gasteiger partial charge in [-0.25, -0.2) is 0 Å². The molecule has 0 unspecified atom stereocenters. The highest BCUT2D eigenvalue weighted by Gasteiger charge is 2.14. The number of benzene rings is 3. The summed E-state index contributed by atoms with van der Waals surface area (Å²) in [5.41, 5.74) is 3.14. The largest absolute Gasteiger partial charge is 0.289 e. The maximum Gasteiger partial charge on any atom is 0.193 e. The Balaban J connectivity index is 1.88. The molecule has 1 atom stereocenters. The standard InChI is InChI=1S/C21H15NO/c22-15-20(16-7-3-1-4-8-16)17-11-13-19(14-12-17)21(23)18-9-5-2-6-10-18/h1-14,20H/t20-/m1/s1. The Bertz CT molecular complexity index is 831. The summed E-state index contributed by atoms with van der Waals surface area (Å²) in [7, 11) is 0. The maximum absolute atomic E-state index is 12.4. The second-order valence-corrected chi connectivity index (χ2v) is 5.29. The van der Waals surface area contributed by atoms with Gasteiger partial charge in [0.2, 0.25) is 0 Å². The summed E-state index contributed by atoms with van der Waals surface area (Å²) in [5, 5.41) is 9.47. The van der Waals surface area contributed by atoms with Gasteiger partial charge in [0, 0.05) is 11.1 Å². The van der Waals surface area contributed by atoms with E-state index in [1.165, 1.54) is 0 Å². The molecule has 0 spiro atoms. The molecule has 0 aliphatic rings. The first kappa shape index (κ1) is 14.7. The molecule has 0 N–H and O–H groups in total. The van der Waals surface area contributed by atoms with Gasteiger partial charge in [-0.3, -0.25) is 4.79 Å². The van der Waals surface area contributed by atoms with Crippen molar-refractivity contribution in [1.82, 2.24) is 0 Å². The minimum Gasteiger partial charge on any atom is -0.289 e. The van der Waals surface area contributed by atoms with Crippen molar-refractivity contribution in [2.75, 3.05) is 0 Å². The van der Waals surface area contributed by atoms with Crippen molar-refractivity contribution in [2.45, 2.75) is 5.92 Å². The monoisotopic (exact) mass is 297 g/mol. The molecule has 0 heterocycles. The minimum absolute atomic E-state index is 0.00892. The molecule has 0 fully saturated rings. The van der Waals surface area contributed by atoms with Crippen LogP contribution in [0.1, 0.15) is 33.0 Å². The van der Waals surface area contributed by atoms with Gasteiger partial charge >= 0.3 is 0 Å². The van der Waals surface area contributed by atoms with E-state index in [1.807, 2.05) is 60.7 Å². The van der Waals surface area contributed by atoms with Gasteiger partial charge in [-0.2, -0.15) is 5.26 Å². The first-order chi connectivity index (χ1) is 11.3. The van der Waals surface area contributed by atoms with Crippen LogP contribution in [0.4, 0.5) is 0 Å². The van der Waals surface area contributed by atoms with Crippen LogP contribution in [0.15, 0.2) is 84.9 Å². The normalized spacial score (nSPS) is 11.4. The van der Waals surface area contributed by atoms with Crippen molar-refractivity contribution in [3.8, 4) is 6.07 Å². The lowest BCUT2D eigenvalue weighted by Crippen LogP contribution is -2.03. The SMILES string of the molecule is N#C[C@H](c1ccccc1)c1ccc(C(=O)c2ccccc2)cc1. The zero-order valence-electron chi connectivity index (χ0n) is 12.5. The fourth-order valence-corrected chi connectivity index (χ4v) is 2.57. The number of carbonyl (C=O) groups is 1. The average Bonchev–Trinajstić information content (AvgIpc) is 2.64. The zero-order valence-corrected chi connectivity index (χ0v) is 12.5. The summed E-state index contributed by atoms with van der Waals surface area (Å²) >= 11 is 0. The average molecular weight is 297 g/mol. The van der Waals surface area contributed by atoms with Gasteiger partial charge in [0.25, 0.3) is 0 Å². The van der Waals surface area contributed by atoms with Crippen LogP contribution in [-0.4, -0.2) is 5.78 Å². The predicted octanol–water partition coefficient (Wildman–Crippen LogP) is 4.57. The topological polar surface area (TPSA) is 40.9 Å². The molecular weight excluding hydrogens is 282 g/mol. The predicted molar refractivity (Wildman–Crippen MR) is 90.2 cm³/mol. The van der Waals surface area contributed by atoms with E-state index >= 15 is 0 Å². The second kappa shape index (κ2) is 6.72. The molecular formula is C21H15NO. The van der Waals surface area contributed by atoms with E-state index in [-0.39, 0.29) is 11.7 Å². The second-order valence-electron chi connectivity index (χ2n) is 5.29. The van der Waals surface area contributed by atoms with Crippen LogP contribution in [0.3, 0.4) is 0 Å². The van der Waals surface area contributed by atoms with Gasteiger partial charge in [0.15, 0.2) is 5.78 Å². The van der Waals surface area contributed by atoms with Gasteiger partial charge in [-0.05, 0) is 11.1 Å². The van der Waals surface area contributed by atoms with Crippen molar-refractivity contribution >= 4 is 5.78 Å². The first-order valence-corrected chi connectivity index (χ1v) is 7.44. The summed E-state index contributed by atoms with van der Waals surface area (Å²) < 4.78 is 0. The molecule has 3 aromatic carbocycles. The van der Waals surface area contributed by atoms with Crippen molar-refractivity contribution < 1.29 is 4.79 Å². The quantitative estimate of drug-likeness (QED) is 0.662. The molecule has 110 valence electrons. The van der Waals surface area contributed by atoms with Crippen molar-refractivity contribution in [3.05, 3.63) is 107 Å². The number of rotatable bonds is 4. The van der Waals surface area contributed by atoms with E-state index in [2.05, 4.69) is 6.07 Å². The summed E-state index contributed by atoms with van der Waals surface area (Å²) in [4.78, 5) is 12.4. The van der Waals surface area contributed by atoms with Crippen LogP contribution in [0.2, 0.25) is 0 Å². The van der Waals surface area contributed by atoms with Crippen LogP contribution in [0, 0.1) is 11.3 Å². The van der Waals surface area contributed by atoms with E-state index in [0.717, 1.165) is 11.1 Å². The molecule has 23 heavy (non-hydrogen) atoms. The summed E-state index contributed by atoms with van der Waals surface area (Å²) in [6.45, 7) is 0. The molecule has 0 amide bonds. The fraction of sp³-hybridized carbons (Fsp3) is 0.0476. The smallest absolute Gasteiger partial charge is 0.193 e. The van der Waals surface area contributed by atoms with Crippen LogP contribution in [-0.2, 0) is 0 Å². The molecule has 3 rings (SSSR count). The Labute approximate surface area is 135 Å². The Kier molecular flexibility index (Phi) is 4.31. The van der Waals surface area contributed by atoms with E-state index in [1.54, 1.807) is 24.3 Å². The number of nitriles is 1. The highest BCUT2D eigenvalue weighted by molar-refractivity contribution is 6.08. The van der Waals surface area contributed by atoms with E-state index < -0.39 is 0 Å². The lowest BCUT2D eigenvalue weighted by atomic mass is 9.91. The number of nitrogens with zero attached hydrogens (tertiary/aromatic N) is 1. The van der Waals surface area contributed by atoms with Crippen LogP contribution in [0.5, 0.6) is 0 Å². The number of ketones is 1. The van der Waals surface area contributed by atoms with E-state index in [9.17, 15) is 10.1 Å². The molecule has 0 aliphatic heterocycles. The molecule has 0 aliphatic carbocycles. The molecule has 2 nitrogen and oxygen atoms in total. The van der Waals surface area contributed by atoms with Crippen LogP contribution in [0.25, 0.3) is 0 Å². The lowest BCUT2D eigenvalue weighted by molar-refractivity contribution is 0.103. The lowest BCUT2D eigenvalue weighted by Gasteiger charge is -2.10. The van der Waals surface area contributed by atoms with Gasteiger partial charge < -0.3 is 0 Å². The molecule has 0 saturated heterocycles. The number of hydrogen-bond donors (Lipinski definition) is 0. The Morgan fingerprint density at radius 3 is 1.74 bits per heavy atom. The van der Waals surface area contributed by atoms with Crippen molar-refractivity contribution in [3.63, 3.8) is 0 Å². The molecule has 0 bridgehead atoms. The first-order valence-electron chi connectivity index (χ1n) is 7.44. The zero-order chi connectivity index (χ0) is 16.1. The Morgan fingerprint density at radius 1 is 0.696 bits per heavy atom. The van der Waals surface area contributed by atoms with Crippen molar-refractivity contribution in [2.24, 2.45) is 0 Å². The van der Waals surface area contributed by atoms with Crippen LogP contribution < -0.4 is 0 Å². The highest BCUT2D eigenvalue weighted by Crippen LogP contribution is 2.24. The third-order valence-electron chi connectivity index (χ3n) is 3.80. The van der Waals surface area contributed by atoms with Crippen molar-refractivity contribution in [1.29, 1.82) is 5.26 Å². The third kappa shape index (κ3) is 3.20. The van der Waals surface area contributed by atoms with Gasteiger partial charge in [-0.15, -0.1) is 0 Å². The molecule has 0 radical (unpaired) electrons. The number of carbonyl (C=O) groups excluding carboxylic acids is 1. The van der Waals surface area contributed by atoms with Gasteiger partial charge in [-0.1, -0.05) is 84.9 Å². The molecule has 0 saturated carbocycles. The molecule has 0 aromatic heterocycles. The summed E-state index contributed by atoms with van der Waals surface area (Å²) in [6, 6.07) is 28.5. The van der Waals surface area contributed by atoms with Gasteiger partial charge in [0.05, 0.1) is 12.0 Å². The Morgan fingerprint density at radius 2 is 1.17 bits per heavy atom. The molecule has 3 aromatic rings. The van der Waals surface area contributed by atoms with E-state index in [4.69, 9.17) is 0 Å². The van der Waals surface area contributed by atoms with Crippen LogP contribution >= 0.6 is 0 Å². The van der Waals surface area contributed by atoms with E-state index in [0.29, 0.717) is 11.1 Å². The highest BCUT2D eigenvalue weighted by atomic mass is 16.1. The Hall–Kier alpha value is -3.18. The summed E-state index contributed by atoms with van der Waals surface area (Å²) in [6.07, 6.45) is 0.